The Balaban J connectivity index is 0.956. The maximum absolute atomic E-state index is 12.9. The Hall–Kier alpha value is -3.96. The molecular weight excluding hydrogens is 620 g/mol. The number of nitrogens with zero attached hydrogens (tertiary/aromatic N) is 5. The molecule has 3 saturated heterocycles. The van der Waals surface area contributed by atoms with Crippen LogP contribution in [0.15, 0.2) is 54.6 Å². The lowest BCUT2D eigenvalue weighted by atomic mass is 9.96. The van der Waals surface area contributed by atoms with Crippen LogP contribution in [0.3, 0.4) is 0 Å². The molecule has 0 aromatic heterocycles. The van der Waals surface area contributed by atoms with Crippen molar-refractivity contribution in [1.29, 1.82) is 0 Å². The van der Waals surface area contributed by atoms with Gasteiger partial charge in [0.15, 0.2) is 0 Å². The predicted molar refractivity (Wildman–Crippen MR) is 191 cm³/mol. The molecule has 3 aliphatic rings. The van der Waals surface area contributed by atoms with Gasteiger partial charge in [-0.15, -0.1) is 0 Å². The largest absolute Gasteiger partial charge is 0.446 e. The smallest absolute Gasteiger partial charge is 0.411 e. The van der Waals surface area contributed by atoms with Crippen molar-refractivity contribution in [3.05, 3.63) is 54.6 Å². The summed E-state index contributed by atoms with van der Waals surface area (Å²) in [5.41, 5.74) is 2.70. The van der Waals surface area contributed by atoms with Gasteiger partial charge >= 0.3 is 6.09 Å². The van der Waals surface area contributed by atoms with Crippen molar-refractivity contribution in [2.75, 3.05) is 83.9 Å². The molecule has 3 heterocycles. The summed E-state index contributed by atoms with van der Waals surface area (Å²) in [5.74, 6) is 0.331. The van der Waals surface area contributed by atoms with E-state index in [1.54, 1.807) is 9.80 Å². The lowest BCUT2D eigenvalue weighted by molar-refractivity contribution is -0.150. The second-order valence-electron chi connectivity index (χ2n) is 13.5. The zero-order valence-electron chi connectivity index (χ0n) is 29.4. The van der Waals surface area contributed by atoms with Crippen LogP contribution in [0.2, 0.25) is 0 Å². The quantitative estimate of drug-likeness (QED) is 0.317. The molecule has 11 nitrogen and oxygen atoms in total. The van der Waals surface area contributed by atoms with Gasteiger partial charge < -0.3 is 29.2 Å². The van der Waals surface area contributed by atoms with Gasteiger partial charge in [-0.05, 0) is 83.6 Å². The maximum atomic E-state index is 12.9. The minimum atomic E-state index is -0.438. The van der Waals surface area contributed by atoms with Crippen LogP contribution < -0.4 is 5.32 Å². The van der Waals surface area contributed by atoms with Gasteiger partial charge in [0.05, 0.1) is 24.7 Å². The predicted octanol–water partition coefficient (Wildman–Crippen LogP) is 4.40. The van der Waals surface area contributed by atoms with Gasteiger partial charge in [-0.25, -0.2) is 4.79 Å². The summed E-state index contributed by atoms with van der Waals surface area (Å²) in [4.78, 5) is 61.4. The van der Waals surface area contributed by atoms with Crippen molar-refractivity contribution >= 4 is 29.5 Å². The number of hydrogen-bond acceptors (Lipinski definition) is 7. The van der Waals surface area contributed by atoms with Crippen molar-refractivity contribution in [2.24, 2.45) is 5.92 Å². The van der Waals surface area contributed by atoms with Gasteiger partial charge in [0.2, 0.25) is 17.7 Å². The number of carbonyl (C=O) groups is 4. The van der Waals surface area contributed by atoms with Crippen molar-refractivity contribution in [3.8, 4) is 11.1 Å². The Bertz CT molecular complexity index is 1390. The lowest BCUT2D eigenvalue weighted by Crippen LogP contribution is -2.54. The van der Waals surface area contributed by atoms with E-state index >= 15 is 0 Å². The van der Waals surface area contributed by atoms with E-state index in [1.807, 2.05) is 73.3 Å². The highest BCUT2D eigenvalue weighted by Crippen LogP contribution is 2.28. The molecule has 3 fully saturated rings. The number of nitrogens with one attached hydrogen (secondary N) is 1. The fourth-order valence-corrected chi connectivity index (χ4v) is 7.34. The van der Waals surface area contributed by atoms with Crippen LogP contribution in [0, 0.1) is 5.92 Å². The normalized spacial score (nSPS) is 19.6. The van der Waals surface area contributed by atoms with Crippen LogP contribution in [0.25, 0.3) is 11.1 Å². The molecule has 49 heavy (non-hydrogen) atoms. The molecule has 3 aliphatic heterocycles. The summed E-state index contributed by atoms with van der Waals surface area (Å²) in [5, 5.41) is 2.93. The Morgan fingerprint density at radius 1 is 0.776 bits per heavy atom. The molecule has 266 valence electrons. The average molecular weight is 675 g/mol. The topological polar surface area (TPSA) is 106 Å². The van der Waals surface area contributed by atoms with Crippen LogP contribution in [0.1, 0.15) is 52.4 Å². The third kappa shape index (κ3) is 10.3. The van der Waals surface area contributed by atoms with Gasteiger partial charge in [-0.3, -0.25) is 19.7 Å². The Morgan fingerprint density at radius 3 is 2.04 bits per heavy atom. The molecule has 4 amide bonds. The summed E-state index contributed by atoms with van der Waals surface area (Å²) < 4.78 is 5.77. The SMILES string of the molecule is CCN(CC)C(=O)C1CCCN(CCCN2CC(=O)N(CCCN3CCC(OC(=O)Nc4ccccc4-c4ccccc4)CC3)CC2=O)C1. The molecule has 0 radical (unpaired) electrons. The lowest BCUT2D eigenvalue weighted by Gasteiger charge is -2.36. The highest BCUT2D eigenvalue weighted by Gasteiger charge is 2.31. The molecule has 1 atom stereocenters. The molecule has 2 aromatic carbocycles. The van der Waals surface area contributed by atoms with Gasteiger partial charge in [0.25, 0.3) is 0 Å². The molecule has 5 rings (SSSR count). The van der Waals surface area contributed by atoms with Crippen LogP contribution >= 0.6 is 0 Å². The highest BCUT2D eigenvalue weighted by molar-refractivity contribution is 5.93. The number of piperidine rings is 2. The number of hydrogen-bond donors (Lipinski definition) is 1. The second kappa shape index (κ2) is 18.2. The van der Waals surface area contributed by atoms with Crippen LogP contribution in [0.4, 0.5) is 10.5 Å². The number of piperazine rings is 1. The van der Waals surface area contributed by atoms with E-state index in [2.05, 4.69) is 15.1 Å². The summed E-state index contributed by atoms with van der Waals surface area (Å²) in [6.45, 7) is 12.0. The summed E-state index contributed by atoms with van der Waals surface area (Å²) >= 11 is 0. The van der Waals surface area contributed by atoms with Crippen molar-refractivity contribution in [2.45, 2.75) is 58.5 Å². The van der Waals surface area contributed by atoms with Gasteiger partial charge in [-0.2, -0.15) is 0 Å². The zero-order chi connectivity index (χ0) is 34.6. The molecular formula is C38H54N6O5. The van der Waals surface area contributed by atoms with E-state index < -0.39 is 6.09 Å². The second-order valence-corrected chi connectivity index (χ2v) is 13.5. The zero-order valence-corrected chi connectivity index (χ0v) is 29.4. The number of rotatable bonds is 14. The summed E-state index contributed by atoms with van der Waals surface area (Å²) in [6, 6.07) is 17.7. The number of carbonyl (C=O) groups excluding carboxylic acids is 4. The first-order valence-corrected chi connectivity index (χ1v) is 18.3. The minimum Gasteiger partial charge on any atom is -0.446 e. The third-order valence-corrected chi connectivity index (χ3v) is 10.1. The van der Waals surface area contributed by atoms with Crippen molar-refractivity contribution in [3.63, 3.8) is 0 Å². The van der Waals surface area contributed by atoms with Crippen LogP contribution in [-0.2, 0) is 19.1 Å². The molecule has 1 unspecified atom stereocenters. The third-order valence-electron chi connectivity index (χ3n) is 10.1. The van der Waals surface area contributed by atoms with Crippen LogP contribution in [-0.4, -0.2) is 133 Å². The Morgan fingerprint density at radius 2 is 1.39 bits per heavy atom. The fraction of sp³-hybridized carbons (Fsp3) is 0.579. The van der Waals surface area contributed by atoms with E-state index in [0.29, 0.717) is 13.1 Å². The van der Waals surface area contributed by atoms with E-state index in [9.17, 15) is 19.2 Å². The molecule has 11 heteroatoms. The van der Waals surface area contributed by atoms with E-state index in [-0.39, 0.29) is 42.8 Å². The molecule has 2 aromatic rings. The fourth-order valence-electron chi connectivity index (χ4n) is 7.34. The first kappa shape index (κ1) is 36.3. The minimum absolute atomic E-state index is 0.00872. The standard InChI is InChI=1S/C38H54N6O5/c1-3-42(4-2)37(47)31-15-10-20-41(27-31)22-12-24-44-29-35(45)43(28-36(44)46)23-11-21-40-25-18-32(19-26-40)49-38(48)39-34-17-9-8-16-33(34)30-13-6-5-7-14-30/h5-9,13-14,16-17,31-32H,3-4,10-12,15,18-29H2,1-2H3,(H,39,48). The van der Waals surface area contributed by atoms with E-state index in [1.165, 1.54) is 0 Å². The summed E-state index contributed by atoms with van der Waals surface area (Å²) in [6.07, 6.45) is 4.49. The molecule has 0 aliphatic carbocycles. The van der Waals surface area contributed by atoms with E-state index in [4.69, 9.17) is 4.74 Å². The number of benzene rings is 2. The van der Waals surface area contributed by atoms with Gasteiger partial charge in [0.1, 0.15) is 6.10 Å². The number of anilines is 1. The average Bonchev–Trinajstić information content (AvgIpc) is 3.12. The Labute approximate surface area is 291 Å². The number of likely N-dealkylation sites (tertiary alicyclic amines) is 2. The molecule has 0 saturated carbocycles. The van der Waals surface area contributed by atoms with Gasteiger partial charge in [0, 0.05) is 51.4 Å². The molecule has 0 bridgehead atoms. The number of amides is 4. The van der Waals surface area contributed by atoms with Crippen molar-refractivity contribution in [1.82, 2.24) is 24.5 Å². The maximum Gasteiger partial charge on any atom is 0.411 e. The molecule has 1 N–H and O–H groups in total. The first-order chi connectivity index (χ1) is 23.8. The number of ether oxygens (including phenoxy) is 1. The number of para-hydroxylation sites is 1. The molecule has 0 spiro atoms. The van der Waals surface area contributed by atoms with Crippen LogP contribution in [0.5, 0.6) is 0 Å². The van der Waals surface area contributed by atoms with Gasteiger partial charge in [-0.1, -0.05) is 48.5 Å². The first-order valence-electron chi connectivity index (χ1n) is 18.3. The van der Waals surface area contributed by atoms with Crippen molar-refractivity contribution < 1.29 is 23.9 Å². The Kier molecular flexibility index (Phi) is 13.5. The highest BCUT2D eigenvalue weighted by atomic mass is 16.6. The van der Waals surface area contributed by atoms with E-state index in [0.717, 1.165) is 108 Å². The monoisotopic (exact) mass is 674 g/mol. The summed E-state index contributed by atoms with van der Waals surface area (Å²) in [7, 11) is 0.